The zero-order valence-corrected chi connectivity index (χ0v) is 10.4. The highest BCUT2D eigenvalue weighted by atomic mass is 16.2. The van der Waals surface area contributed by atoms with Crippen LogP contribution in [-0.2, 0) is 9.59 Å². The first-order valence-electron chi connectivity index (χ1n) is 6.39. The highest BCUT2D eigenvalue weighted by Crippen LogP contribution is 2.16. The standard InChI is InChI=1S/C12H21N3O2/c1-15-8-10(6-11(15)16)12(17)14-5-3-9-2-4-13-7-9/h9-10,13H,2-8H2,1H3,(H,14,17). The maximum Gasteiger partial charge on any atom is 0.225 e. The lowest BCUT2D eigenvalue weighted by Gasteiger charge is -2.12. The normalized spacial score (nSPS) is 28.8. The molecule has 2 rings (SSSR count). The van der Waals surface area contributed by atoms with Gasteiger partial charge in [0.05, 0.1) is 5.92 Å². The van der Waals surface area contributed by atoms with E-state index >= 15 is 0 Å². The van der Waals surface area contributed by atoms with Crippen molar-refractivity contribution in [1.29, 1.82) is 0 Å². The number of carbonyl (C=O) groups excluding carboxylic acids is 2. The zero-order chi connectivity index (χ0) is 12.3. The van der Waals surface area contributed by atoms with E-state index in [0.717, 1.165) is 26.1 Å². The van der Waals surface area contributed by atoms with Crippen molar-refractivity contribution < 1.29 is 9.59 Å². The fraction of sp³-hybridized carbons (Fsp3) is 0.833. The molecule has 2 amide bonds. The fourth-order valence-corrected chi connectivity index (χ4v) is 2.54. The van der Waals surface area contributed by atoms with Gasteiger partial charge in [0.2, 0.25) is 11.8 Å². The van der Waals surface area contributed by atoms with Gasteiger partial charge in [-0.25, -0.2) is 0 Å². The van der Waals surface area contributed by atoms with Gasteiger partial charge in [-0.05, 0) is 31.8 Å². The molecule has 2 aliphatic heterocycles. The van der Waals surface area contributed by atoms with E-state index in [0.29, 0.717) is 18.9 Å². The third-order valence-electron chi connectivity index (χ3n) is 3.73. The number of nitrogens with zero attached hydrogens (tertiary/aromatic N) is 1. The number of hydrogen-bond donors (Lipinski definition) is 2. The van der Waals surface area contributed by atoms with Crippen LogP contribution in [0.4, 0.5) is 0 Å². The van der Waals surface area contributed by atoms with Gasteiger partial charge in [-0.2, -0.15) is 0 Å². The molecule has 2 fully saturated rings. The number of carbonyl (C=O) groups is 2. The largest absolute Gasteiger partial charge is 0.356 e. The highest BCUT2D eigenvalue weighted by molar-refractivity contribution is 5.89. The highest BCUT2D eigenvalue weighted by Gasteiger charge is 2.31. The second-order valence-electron chi connectivity index (χ2n) is 5.11. The van der Waals surface area contributed by atoms with E-state index in [1.165, 1.54) is 6.42 Å². The predicted octanol–water partition coefficient (Wildman–Crippen LogP) is -0.419. The van der Waals surface area contributed by atoms with Crippen LogP contribution in [0.2, 0.25) is 0 Å². The summed E-state index contributed by atoms with van der Waals surface area (Å²) in [5, 5.41) is 6.26. The van der Waals surface area contributed by atoms with Crippen molar-refractivity contribution in [2.75, 3.05) is 33.2 Å². The number of hydrogen-bond acceptors (Lipinski definition) is 3. The smallest absolute Gasteiger partial charge is 0.225 e. The number of likely N-dealkylation sites (tertiary alicyclic amines) is 1. The molecular weight excluding hydrogens is 218 g/mol. The van der Waals surface area contributed by atoms with Gasteiger partial charge in [0.15, 0.2) is 0 Å². The third kappa shape index (κ3) is 3.19. The van der Waals surface area contributed by atoms with Crippen molar-refractivity contribution in [2.24, 2.45) is 11.8 Å². The Bertz CT molecular complexity index is 300. The summed E-state index contributed by atoms with van der Waals surface area (Å²) in [5.74, 6) is 0.663. The minimum Gasteiger partial charge on any atom is -0.356 e. The number of rotatable bonds is 4. The first kappa shape index (κ1) is 12.4. The summed E-state index contributed by atoms with van der Waals surface area (Å²) in [5.41, 5.74) is 0. The quantitative estimate of drug-likeness (QED) is 0.700. The Labute approximate surface area is 102 Å². The average molecular weight is 239 g/mol. The molecule has 0 aromatic heterocycles. The van der Waals surface area contributed by atoms with Crippen molar-refractivity contribution in [3.8, 4) is 0 Å². The van der Waals surface area contributed by atoms with E-state index in [1.807, 2.05) is 0 Å². The zero-order valence-electron chi connectivity index (χ0n) is 10.4. The number of nitrogens with one attached hydrogen (secondary N) is 2. The molecule has 5 heteroatoms. The molecule has 2 unspecified atom stereocenters. The predicted molar refractivity (Wildman–Crippen MR) is 64.3 cm³/mol. The van der Waals surface area contributed by atoms with E-state index in [4.69, 9.17) is 0 Å². The Morgan fingerprint density at radius 1 is 1.59 bits per heavy atom. The summed E-state index contributed by atoms with van der Waals surface area (Å²) in [6.45, 7) is 3.47. The first-order chi connectivity index (χ1) is 8.16. The Morgan fingerprint density at radius 3 is 3.00 bits per heavy atom. The average Bonchev–Trinajstić information content (AvgIpc) is 2.90. The van der Waals surface area contributed by atoms with Gasteiger partial charge in [0, 0.05) is 26.6 Å². The molecule has 0 spiro atoms. The Morgan fingerprint density at radius 2 is 2.41 bits per heavy atom. The monoisotopic (exact) mass is 239 g/mol. The summed E-state index contributed by atoms with van der Waals surface area (Å²) in [7, 11) is 1.75. The second kappa shape index (κ2) is 5.49. The van der Waals surface area contributed by atoms with Gasteiger partial charge in [0.25, 0.3) is 0 Å². The summed E-state index contributed by atoms with van der Waals surface area (Å²) in [6, 6.07) is 0. The molecule has 0 bridgehead atoms. The molecule has 0 aliphatic carbocycles. The van der Waals surface area contributed by atoms with Crippen LogP contribution in [0.25, 0.3) is 0 Å². The summed E-state index contributed by atoms with van der Waals surface area (Å²) >= 11 is 0. The maximum atomic E-state index is 11.8. The van der Waals surface area contributed by atoms with Crippen molar-refractivity contribution in [3.63, 3.8) is 0 Å². The van der Waals surface area contributed by atoms with Crippen LogP contribution >= 0.6 is 0 Å². The third-order valence-corrected chi connectivity index (χ3v) is 3.73. The lowest BCUT2D eigenvalue weighted by Crippen LogP contribution is -2.33. The molecule has 96 valence electrons. The maximum absolute atomic E-state index is 11.8. The number of amides is 2. The minimum absolute atomic E-state index is 0.0358. The second-order valence-corrected chi connectivity index (χ2v) is 5.11. The molecule has 17 heavy (non-hydrogen) atoms. The van der Waals surface area contributed by atoms with Crippen LogP contribution in [0.15, 0.2) is 0 Å². The van der Waals surface area contributed by atoms with Gasteiger partial charge in [-0.15, -0.1) is 0 Å². The Kier molecular flexibility index (Phi) is 3.99. The molecule has 2 aliphatic rings. The molecule has 2 heterocycles. The van der Waals surface area contributed by atoms with Crippen LogP contribution in [0, 0.1) is 11.8 Å². The SMILES string of the molecule is CN1CC(C(=O)NCCC2CCNC2)CC1=O. The van der Waals surface area contributed by atoms with Crippen LogP contribution in [0.3, 0.4) is 0 Å². The lowest BCUT2D eigenvalue weighted by atomic mass is 10.0. The molecule has 0 aromatic carbocycles. The van der Waals surface area contributed by atoms with Crippen LogP contribution in [-0.4, -0.2) is 49.9 Å². The van der Waals surface area contributed by atoms with Crippen LogP contribution < -0.4 is 10.6 Å². The van der Waals surface area contributed by atoms with E-state index in [9.17, 15) is 9.59 Å². The van der Waals surface area contributed by atoms with Crippen LogP contribution in [0.5, 0.6) is 0 Å². The van der Waals surface area contributed by atoms with Crippen molar-refractivity contribution in [1.82, 2.24) is 15.5 Å². The van der Waals surface area contributed by atoms with E-state index in [-0.39, 0.29) is 17.7 Å². The molecular formula is C12H21N3O2. The molecule has 2 N–H and O–H groups in total. The molecule has 2 saturated heterocycles. The van der Waals surface area contributed by atoms with Gasteiger partial charge in [-0.3, -0.25) is 9.59 Å². The minimum atomic E-state index is -0.144. The van der Waals surface area contributed by atoms with Crippen molar-refractivity contribution >= 4 is 11.8 Å². The van der Waals surface area contributed by atoms with Gasteiger partial charge < -0.3 is 15.5 Å². The Hall–Kier alpha value is -1.10. The van der Waals surface area contributed by atoms with Crippen molar-refractivity contribution in [3.05, 3.63) is 0 Å². The molecule has 0 saturated carbocycles. The topological polar surface area (TPSA) is 61.4 Å². The van der Waals surface area contributed by atoms with E-state index < -0.39 is 0 Å². The molecule has 5 nitrogen and oxygen atoms in total. The summed E-state index contributed by atoms with van der Waals surface area (Å²) in [4.78, 5) is 24.7. The van der Waals surface area contributed by atoms with Gasteiger partial charge in [0.1, 0.15) is 0 Å². The molecule has 0 radical (unpaired) electrons. The lowest BCUT2D eigenvalue weighted by molar-refractivity contribution is -0.128. The first-order valence-corrected chi connectivity index (χ1v) is 6.39. The molecule has 2 atom stereocenters. The van der Waals surface area contributed by atoms with E-state index in [1.54, 1.807) is 11.9 Å². The van der Waals surface area contributed by atoms with Crippen molar-refractivity contribution in [2.45, 2.75) is 19.3 Å². The van der Waals surface area contributed by atoms with E-state index in [2.05, 4.69) is 10.6 Å². The fourth-order valence-electron chi connectivity index (χ4n) is 2.54. The van der Waals surface area contributed by atoms with Gasteiger partial charge in [-0.1, -0.05) is 0 Å². The van der Waals surface area contributed by atoms with Gasteiger partial charge >= 0.3 is 0 Å². The molecule has 0 aromatic rings. The Balaban J connectivity index is 1.65. The summed E-state index contributed by atoms with van der Waals surface area (Å²) < 4.78 is 0. The summed E-state index contributed by atoms with van der Waals surface area (Å²) in [6.07, 6.45) is 2.61. The van der Waals surface area contributed by atoms with Crippen LogP contribution in [0.1, 0.15) is 19.3 Å².